The van der Waals surface area contributed by atoms with Crippen LogP contribution in [0.2, 0.25) is 0 Å². The molecule has 0 aromatic heterocycles. The Hall–Kier alpha value is -1.26. The zero-order chi connectivity index (χ0) is 14.6. The van der Waals surface area contributed by atoms with E-state index >= 15 is 0 Å². The van der Waals surface area contributed by atoms with Gasteiger partial charge in [-0.25, -0.2) is 0 Å². The maximum Gasteiger partial charge on any atom is 0.234 e. The van der Waals surface area contributed by atoms with Gasteiger partial charge in [0, 0.05) is 6.04 Å². The van der Waals surface area contributed by atoms with Crippen molar-refractivity contribution in [3.63, 3.8) is 0 Å². The molecule has 0 aromatic rings. The van der Waals surface area contributed by atoms with Crippen LogP contribution in [0.25, 0.3) is 0 Å². The molecule has 1 rings (SSSR count). The highest BCUT2D eigenvalue weighted by atomic mass is 16.4. The van der Waals surface area contributed by atoms with Crippen LogP contribution >= 0.6 is 0 Å². The number of rotatable bonds is 5. The first-order chi connectivity index (χ1) is 8.92. The summed E-state index contributed by atoms with van der Waals surface area (Å²) >= 11 is 0. The molecule has 110 valence electrons. The second kappa shape index (κ2) is 6.26. The molecule has 1 aliphatic carbocycles. The van der Waals surface area contributed by atoms with Gasteiger partial charge >= 0.3 is 0 Å². The molecule has 3 atom stereocenters. The lowest BCUT2D eigenvalue weighted by atomic mass is 9.79. The highest BCUT2D eigenvalue weighted by Crippen LogP contribution is 2.33. The number of hydrogen-bond donors (Lipinski definition) is 3. The van der Waals surface area contributed by atoms with Crippen molar-refractivity contribution in [2.24, 2.45) is 28.1 Å². The van der Waals surface area contributed by atoms with Crippen molar-refractivity contribution < 1.29 is 10.0 Å². The minimum atomic E-state index is -0.889. The largest absolute Gasteiger partial charge is 0.409 e. The fourth-order valence-electron chi connectivity index (χ4n) is 3.02. The average molecular weight is 269 g/mol. The number of nitrogens with one attached hydrogen (secondary N) is 1. The average Bonchev–Trinajstić information content (AvgIpc) is 2.72. The van der Waals surface area contributed by atoms with E-state index < -0.39 is 5.41 Å². The lowest BCUT2D eigenvalue weighted by molar-refractivity contribution is -0.129. The summed E-state index contributed by atoms with van der Waals surface area (Å²) in [7, 11) is 0. The number of amides is 1. The molecular formula is C14H27N3O2. The Morgan fingerprint density at radius 3 is 2.32 bits per heavy atom. The van der Waals surface area contributed by atoms with Crippen LogP contribution in [0.15, 0.2) is 5.16 Å². The number of carbonyl (C=O) groups is 1. The van der Waals surface area contributed by atoms with E-state index in [4.69, 9.17) is 10.9 Å². The molecule has 0 bridgehead atoms. The lowest BCUT2D eigenvalue weighted by Crippen LogP contribution is -2.52. The van der Waals surface area contributed by atoms with Crippen LogP contribution in [0, 0.1) is 17.3 Å². The second-order valence-corrected chi connectivity index (χ2v) is 5.77. The summed E-state index contributed by atoms with van der Waals surface area (Å²) in [6.45, 7) is 8.17. The molecule has 1 amide bonds. The van der Waals surface area contributed by atoms with Crippen LogP contribution in [0.4, 0.5) is 0 Å². The zero-order valence-electron chi connectivity index (χ0n) is 12.4. The Kier molecular flexibility index (Phi) is 5.20. The Labute approximate surface area is 115 Å². The maximum absolute atomic E-state index is 12.6. The van der Waals surface area contributed by atoms with Gasteiger partial charge in [0.2, 0.25) is 5.91 Å². The number of carbonyl (C=O) groups excluding carboxylic acids is 1. The summed E-state index contributed by atoms with van der Waals surface area (Å²) < 4.78 is 0. The first kappa shape index (κ1) is 15.8. The van der Waals surface area contributed by atoms with E-state index in [1.54, 1.807) is 0 Å². The highest BCUT2D eigenvalue weighted by Gasteiger charge is 2.42. The zero-order valence-corrected chi connectivity index (χ0v) is 12.4. The summed E-state index contributed by atoms with van der Waals surface area (Å²) in [6.07, 6.45) is 3.21. The maximum atomic E-state index is 12.6. The molecular weight excluding hydrogens is 242 g/mol. The van der Waals surface area contributed by atoms with E-state index in [1.165, 1.54) is 0 Å². The highest BCUT2D eigenvalue weighted by molar-refractivity contribution is 6.06. The summed E-state index contributed by atoms with van der Waals surface area (Å²) in [5.41, 5.74) is 4.86. The third kappa shape index (κ3) is 2.85. The van der Waals surface area contributed by atoms with Crippen LogP contribution < -0.4 is 11.1 Å². The summed E-state index contributed by atoms with van der Waals surface area (Å²) in [4.78, 5) is 12.6. The Balaban J connectivity index is 2.85. The molecule has 0 aromatic carbocycles. The molecule has 0 spiro atoms. The molecule has 5 nitrogen and oxygen atoms in total. The van der Waals surface area contributed by atoms with Gasteiger partial charge in [0.25, 0.3) is 0 Å². The Bertz CT molecular complexity index is 351. The predicted molar refractivity (Wildman–Crippen MR) is 75.9 cm³/mol. The quantitative estimate of drug-likeness (QED) is 0.309. The molecule has 0 saturated heterocycles. The van der Waals surface area contributed by atoms with E-state index in [0.717, 1.165) is 12.8 Å². The van der Waals surface area contributed by atoms with Crippen molar-refractivity contribution >= 4 is 11.7 Å². The van der Waals surface area contributed by atoms with Crippen LogP contribution in [0.1, 0.15) is 53.4 Å². The molecule has 0 radical (unpaired) electrons. The van der Waals surface area contributed by atoms with Gasteiger partial charge in [-0.3, -0.25) is 4.79 Å². The number of oxime groups is 1. The van der Waals surface area contributed by atoms with E-state index in [0.29, 0.717) is 24.7 Å². The Morgan fingerprint density at radius 2 is 1.95 bits per heavy atom. The lowest BCUT2D eigenvalue weighted by Gasteiger charge is -2.31. The number of hydrogen-bond acceptors (Lipinski definition) is 3. The van der Waals surface area contributed by atoms with Gasteiger partial charge < -0.3 is 16.3 Å². The molecule has 1 fully saturated rings. The molecule has 0 heterocycles. The monoisotopic (exact) mass is 269 g/mol. The molecule has 4 N–H and O–H groups in total. The van der Waals surface area contributed by atoms with Crippen molar-refractivity contribution in [2.75, 3.05) is 0 Å². The molecule has 3 unspecified atom stereocenters. The number of nitrogens with zero attached hydrogens (tertiary/aromatic N) is 1. The minimum Gasteiger partial charge on any atom is -0.409 e. The van der Waals surface area contributed by atoms with E-state index in [-0.39, 0.29) is 17.8 Å². The van der Waals surface area contributed by atoms with Crippen LogP contribution in [0.3, 0.4) is 0 Å². The van der Waals surface area contributed by atoms with E-state index in [9.17, 15) is 4.79 Å². The molecule has 1 saturated carbocycles. The Morgan fingerprint density at radius 1 is 1.37 bits per heavy atom. The van der Waals surface area contributed by atoms with Gasteiger partial charge in [-0.1, -0.05) is 32.9 Å². The van der Waals surface area contributed by atoms with Gasteiger partial charge in [-0.15, -0.1) is 0 Å². The third-order valence-electron chi connectivity index (χ3n) is 5.02. The summed E-state index contributed by atoms with van der Waals surface area (Å²) in [5, 5.41) is 15.1. The van der Waals surface area contributed by atoms with E-state index in [1.807, 2.05) is 13.8 Å². The topological polar surface area (TPSA) is 87.7 Å². The molecule has 19 heavy (non-hydrogen) atoms. The van der Waals surface area contributed by atoms with Crippen LogP contribution in [0.5, 0.6) is 0 Å². The van der Waals surface area contributed by atoms with Crippen molar-refractivity contribution in [3.05, 3.63) is 0 Å². The third-order valence-corrected chi connectivity index (χ3v) is 5.02. The van der Waals surface area contributed by atoms with Crippen LogP contribution in [-0.4, -0.2) is 23.0 Å². The number of nitrogens with two attached hydrogens (primary N) is 1. The van der Waals surface area contributed by atoms with E-state index in [2.05, 4.69) is 24.3 Å². The fourth-order valence-corrected chi connectivity index (χ4v) is 3.02. The standard InChI is InChI=1S/C14H27N3O2/c1-5-14(6-2,12(15)17-19)13(18)16-11-8-7-9(3)10(11)4/h9-11,19H,5-8H2,1-4H3,(H2,15,17)(H,16,18). The smallest absolute Gasteiger partial charge is 0.234 e. The van der Waals surface area contributed by atoms with Crippen LogP contribution in [-0.2, 0) is 4.79 Å². The summed E-state index contributed by atoms with van der Waals surface area (Å²) in [5.74, 6) is 1.00. The summed E-state index contributed by atoms with van der Waals surface area (Å²) in [6, 6.07) is 0.200. The van der Waals surface area contributed by atoms with Gasteiger partial charge in [0.1, 0.15) is 5.41 Å². The van der Waals surface area contributed by atoms with Gasteiger partial charge in [-0.05, 0) is 37.5 Å². The van der Waals surface area contributed by atoms with Crippen molar-refractivity contribution in [1.82, 2.24) is 5.32 Å². The normalized spacial score (nSPS) is 28.4. The van der Waals surface area contributed by atoms with Crippen molar-refractivity contribution in [3.8, 4) is 0 Å². The predicted octanol–water partition coefficient (Wildman–Crippen LogP) is 2.09. The number of amidine groups is 1. The second-order valence-electron chi connectivity index (χ2n) is 5.77. The van der Waals surface area contributed by atoms with Crippen molar-refractivity contribution in [2.45, 2.75) is 59.4 Å². The van der Waals surface area contributed by atoms with Gasteiger partial charge in [0.05, 0.1) is 0 Å². The van der Waals surface area contributed by atoms with Gasteiger partial charge in [0.15, 0.2) is 5.84 Å². The molecule has 1 aliphatic rings. The SMILES string of the molecule is CCC(CC)(C(=O)NC1CCC(C)C1C)C(N)=NO. The first-order valence-corrected chi connectivity index (χ1v) is 7.21. The molecule has 5 heteroatoms. The minimum absolute atomic E-state index is 0.00805. The van der Waals surface area contributed by atoms with Gasteiger partial charge in [-0.2, -0.15) is 0 Å². The first-order valence-electron chi connectivity index (χ1n) is 7.21. The fraction of sp³-hybridized carbons (Fsp3) is 0.857. The van der Waals surface area contributed by atoms with Crippen molar-refractivity contribution in [1.29, 1.82) is 0 Å². The molecule has 0 aliphatic heterocycles.